The largest absolute Gasteiger partial charge is 0.481 e. The Morgan fingerprint density at radius 3 is 2.33 bits per heavy atom. The van der Waals surface area contributed by atoms with Crippen LogP contribution in [-0.2, 0) is 4.79 Å². The van der Waals surface area contributed by atoms with Crippen molar-refractivity contribution in [2.45, 2.75) is 44.6 Å². The van der Waals surface area contributed by atoms with Gasteiger partial charge in [-0.15, -0.1) is 0 Å². The van der Waals surface area contributed by atoms with Crippen molar-refractivity contribution in [2.75, 3.05) is 0 Å². The van der Waals surface area contributed by atoms with Crippen LogP contribution in [0.2, 0.25) is 0 Å². The molecule has 0 spiro atoms. The molecule has 0 amide bonds. The number of carboxylic acid groups (broad SMARTS) is 1. The first-order chi connectivity index (χ1) is 5.72. The summed E-state index contributed by atoms with van der Waals surface area (Å²) in [4.78, 5) is 10.7. The van der Waals surface area contributed by atoms with Gasteiger partial charge in [0.2, 0.25) is 0 Å². The number of rotatable bonds is 1. The van der Waals surface area contributed by atoms with Gasteiger partial charge in [-0.25, -0.2) is 0 Å². The van der Waals surface area contributed by atoms with E-state index in [0.29, 0.717) is 0 Å². The number of aliphatic carboxylic acids is 1. The van der Waals surface area contributed by atoms with Gasteiger partial charge in [0.1, 0.15) is 0 Å². The zero-order valence-corrected chi connectivity index (χ0v) is 7.33. The summed E-state index contributed by atoms with van der Waals surface area (Å²) in [6.45, 7) is 0. The molecule has 0 radical (unpaired) electrons. The highest BCUT2D eigenvalue weighted by Gasteiger charge is 2.25. The molecule has 3 N–H and O–H groups in total. The van der Waals surface area contributed by atoms with Crippen LogP contribution < -0.4 is 5.73 Å². The lowest BCUT2D eigenvalue weighted by Crippen LogP contribution is -2.36. The molecular formula is C9H17NO2. The molecule has 0 aromatic carbocycles. The fourth-order valence-corrected chi connectivity index (χ4v) is 1.82. The number of carbonyl (C=O) groups is 1. The van der Waals surface area contributed by atoms with E-state index in [1.54, 1.807) is 0 Å². The molecule has 0 aromatic rings. The Hall–Kier alpha value is -0.570. The third-order valence-electron chi connectivity index (χ3n) is 2.64. The maximum absolute atomic E-state index is 10.7. The van der Waals surface area contributed by atoms with Crippen LogP contribution in [-0.4, -0.2) is 17.1 Å². The number of hydrogen-bond acceptors (Lipinski definition) is 2. The van der Waals surface area contributed by atoms with Crippen molar-refractivity contribution < 1.29 is 9.90 Å². The van der Waals surface area contributed by atoms with Crippen molar-refractivity contribution in [1.82, 2.24) is 0 Å². The van der Waals surface area contributed by atoms with Gasteiger partial charge in [-0.05, 0) is 12.8 Å². The second-order valence-corrected chi connectivity index (χ2v) is 3.60. The minimum Gasteiger partial charge on any atom is -0.481 e. The van der Waals surface area contributed by atoms with E-state index in [9.17, 15) is 4.79 Å². The molecule has 1 saturated carbocycles. The summed E-state index contributed by atoms with van der Waals surface area (Å²) < 4.78 is 0. The SMILES string of the molecule is N[C@@H]1CCCCCC[C@H]1C(=O)O. The van der Waals surface area contributed by atoms with Gasteiger partial charge in [-0.1, -0.05) is 25.7 Å². The Balaban J connectivity index is 2.48. The fraction of sp³-hybridized carbons (Fsp3) is 0.889. The quantitative estimate of drug-likeness (QED) is 0.626. The molecular weight excluding hydrogens is 154 g/mol. The first-order valence-corrected chi connectivity index (χ1v) is 4.70. The molecule has 0 aliphatic heterocycles. The van der Waals surface area contributed by atoms with Crippen LogP contribution in [0, 0.1) is 5.92 Å². The van der Waals surface area contributed by atoms with Gasteiger partial charge in [0.05, 0.1) is 5.92 Å². The van der Waals surface area contributed by atoms with Crippen molar-refractivity contribution in [3.63, 3.8) is 0 Å². The van der Waals surface area contributed by atoms with Crippen molar-refractivity contribution in [2.24, 2.45) is 11.7 Å². The molecule has 1 aliphatic rings. The highest BCUT2D eigenvalue weighted by molar-refractivity contribution is 5.70. The van der Waals surface area contributed by atoms with E-state index in [0.717, 1.165) is 32.1 Å². The maximum atomic E-state index is 10.7. The summed E-state index contributed by atoms with van der Waals surface area (Å²) in [6.07, 6.45) is 6.11. The molecule has 70 valence electrons. The molecule has 0 bridgehead atoms. The number of carboxylic acids is 1. The van der Waals surface area contributed by atoms with Crippen LogP contribution in [0.25, 0.3) is 0 Å². The van der Waals surface area contributed by atoms with E-state index >= 15 is 0 Å². The average Bonchev–Trinajstić information content (AvgIpc) is 1.96. The first-order valence-electron chi connectivity index (χ1n) is 4.70. The van der Waals surface area contributed by atoms with Gasteiger partial charge in [0.25, 0.3) is 0 Å². The van der Waals surface area contributed by atoms with Crippen LogP contribution in [0.15, 0.2) is 0 Å². The molecule has 1 fully saturated rings. The van der Waals surface area contributed by atoms with Gasteiger partial charge in [-0.2, -0.15) is 0 Å². The third-order valence-corrected chi connectivity index (χ3v) is 2.64. The highest BCUT2D eigenvalue weighted by Crippen LogP contribution is 2.21. The van der Waals surface area contributed by atoms with Crippen molar-refractivity contribution in [3.8, 4) is 0 Å². The van der Waals surface area contributed by atoms with E-state index in [4.69, 9.17) is 10.8 Å². The number of hydrogen-bond donors (Lipinski definition) is 2. The normalized spacial score (nSPS) is 32.1. The van der Waals surface area contributed by atoms with Gasteiger partial charge in [-0.3, -0.25) is 4.79 Å². The molecule has 3 nitrogen and oxygen atoms in total. The van der Waals surface area contributed by atoms with Crippen LogP contribution in [0.3, 0.4) is 0 Å². The monoisotopic (exact) mass is 171 g/mol. The summed E-state index contributed by atoms with van der Waals surface area (Å²) in [5.41, 5.74) is 5.77. The summed E-state index contributed by atoms with van der Waals surface area (Å²) in [7, 11) is 0. The molecule has 0 saturated heterocycles. The minimum atomic E-state index is -0.718. The fourth-order valence-electron chi connectivity index (χ4n) is 1.82. The second-order valence-electron chi connectivity index (χ2n) is 3.60. The lowest BCUT2D eigenvalue weighted by Gasteiger charge is -2.22. The van der Waals surface area contributed by atoms with E-state index in [1.165, 1.54) is 6.42 Å². The van der Waals surface area contributed by atoms with Crippen molar-refractivity contribution in [1.29, 1.82) is 0 Å². The zero-order valence-electron chi connectivity index (χ0n) is 7.33. The molecule has 0 aromatic heterocycles. The van der Waals surface area contributed by atoms with E-state index in [-0.39, 0.29) is 12.0 Å². The van der Waals surface area contributed by atoms with E-state index < -0.39 is 5.97 Å². The van der Waals surface area contributed by atoms with Crippen LogP contribution >= 0.6 is 0 Å². The maximum Gasteiger partial charge on any atom is 0.308 e. The highest BCUT2D eigenvalue weighted by atomic mass is 16.4. The Bertz CT molecular complexity index is 159. The Kier molecular flexibility index (Phi) is 3.53. The second kappa shape index (κ2) is 4.45. The molecule has 0 heterocycles. The average molecular weight is 171 g/mol. The topological polar surface area (TPSA) is 63.3 Å². The summed E-state index contributed by atoms with van der Waals surface area (Å²) in [6, 6.07) is -0.122. The Morgan fingerprint density at radius 2 is 1.75 bits per heavy atom. The van der Waals surface area contributed by atoms with Gasteiger partial charge in [0.15, 0.2) is 0 Å². The van der Waals surface area contributed by atoms with E-state index in [2.05, 4.69) is 0 Å². The van der Waals surface area contributed by atoms with Gasteiger partial charge in [0, 0.05) is 6.04 Å². The zero-order chi connectivity index (χ0) is 8.97. The van der Waals surface area contributed by atoms with E-state index in [1.807, 2.05) is 0 Å². The molecule has 3 heteroatoms. The molecule has 0 unspecified atom stereocenters. The Labute approximate surface area is 72.9 Å². The number of nitrogens with two attached hydrogens (primary N) is 1. The standard InChI is InChI=1S/C9H17NO2/c10-8-6-4-2-1-3-5-7(8)9(11)12/h7-8H,1-6,10H2,(H,11,12)/t7-,8-/m1/s1. The first kappa shape index (κ1) is 9.52. The van der Waals surface area contributed by atoms with Gasteiger partial charge >= 0.3 is 5.97 Å². The van der Waals surface area contributed by atoms with Crippen molar-refractivity contribution >= 4 is 5.97 Å². The summed E-state index contributed by atoms with van der Waals surface area (Å²) in [5, 5.41) is 8.85. The van der Waals surface area contributed by atoms with Crippen LogP contribution in [0.5, 0.6) is 0 Å². The third kappa shape index (κ3) is 2.48. The minimum absolute atomic E-state index is 0.122. The van der Waals surface area contributed by atoms with Crippen molar-refractivity contribution in [3.05, 3.63) is 0 Å². The smallest absolute Gasteiger partial charge is 0.308 e. The Morgan fingerprint density at radius 1 is 1.17 bits per heavy atom. The lowest BCUT2D eigenvalue weighted by atomic mass is 9.87. The molecule has 1 rings (SSSR count). The molecule has 12 heavy (non-hydrogen) atoms. The lowest BCUT2D eigenvalue weighted by molar-refractivity contribution is -0.142. The molecule has 2 atom stereocenters. The predicted molar refractivity (Wildman–Crippen MR) is 46.8 cm³/mol. The van der Waals surface area contributed by atoms with Crippen LogP contribution in [0.4, 0.5) is 0 Å². The predicted octanol–water partition coefficient (Wildman–Crippen LogP) is 1.37. The van der Waals surface area contributed by atoms with Gasteiger partial charge < -0.3 is 10.8 Å². The summed E-state index contributed by atoms with van der Waals surface area (Å²) in [5.74, 6) is -1.02. The molecule has 1 aliphatic carbocycles. The van der Waals surface area contributed by atoms with Crippen LogP contribution in [0.1, 0.15) is 38.5 Å². The summed E-state index contributed by atoms with van der Waals surface area (Å²) >= 11 is 0.